The number of anilines is 1. The third-order valence-corrected chi connectivity index (χ3v) is 6.73. The number of hydrogen-bond acceptors (Lipinski definition) is 6. The zero-order valence-electron chi connectivity index (χ0n) is 17.8. The lowest BCUT2D eigenvalue weighted by molar-refractivity contribution is -0.113. The number of aromatic nitrogens is 2. The van der Waals surface area contributed by atoms with E-state index in [0.29, 0.717) is 28.3 Å². The highest BCUT2D eigenvalue weighted by atomic mass is 32.2. The Bertz CT molecular complexity index is 1270. The second kappa shape index (κ2) is 10.8. The lowest BCUT2D eigenvalue weighted by Crippen LogP contribution is -2.24. The molecule has 0 aliphatic carbocycles. The van der Waals surface area contributed by atoms with Gasteiger partial charge in [-0.2, -0.15) is 0 Å². The second-order valence-corrected chi connectivity index (χ2v) is 9.84. The number of carbonyl (C=O) groups is 1. The molecule has 0 fully saturated rings. The van der Waals surface area contributed by atoms with Crippen molar-refractivity contribution in [1.82, 2.24) is 9.55 Å². The molecule has 32 heavy (non-hydrogen) atoms. The smallest absolute Gasteiger partial charge is 0.262 e. The summed E-state index contributed by atoms with van der Waals surface area (Å²) in [4.78, 5) is 30.0. The zero-order chi connectivity index (χ0) is 23.1. The molecule has 0 aliphatic rings. The molecule has 3 N–H and O–H groups in total. The van der Waals surface area contributed by atoms with Crippen LogP contribution in [0, 0.1) is 0 Å². The molecule has 10 heteroatoms. The SMILES string of the molecule is CCCCCCn1c(SCC(=O)Nc2cccc(S(N)(=O)=O)c2)nc2ccccc2c1=O. The molecule has 8 nitrogen and oxygen atoms in total. The van der Waals surface area contributed by atoms with Crippen molar-refractivity contribution in [3.63, 3.8) is 0 Å². The molecular weight excluding hydrogens is 448 g/mol. The minimum Gasteiger partial charge on any atom is -0.325 e. The number of para-hydroxylation sites is 1. The number of nitrogens with two attached hydrogens (primary N) is 1. The normalized spacial score (nSPS) is 11.6. The van der Waals surface area contributed by atoms with Crippen LogP contribution in [-0.2, 0) is 21.4 Å². The Morgan fingerprint density at radius 2 is 1.91 bits per heavy atom. The molecule has 0 saturated heterocycles. The molecule has 0 bridgehead atoms. The fourth-order valence-corrected chi connectivity index (χ4v) is 4.61. The van der Waals surface area contributed by atoms with Crippen molar-refractivity contribution in [2.75, 3.05) is 11.1 Å². The fraction of sp³-hybridized carbons (Fsp3) is 0.318. The van der Waals surface area contributed by atoms with E-state index in [0.717, 1.165) is 25.7 Å². The highest BCUT2D eigenvalue weighted by Gasteiger charge is 2.14. The Morgan fingerprint density at radius 3 is 2.66 bits per heavy atom. The third-order valence-electron chi connectivity index (χ3n) is 4.84. The van der Waals surface area contributed by atoms with Crippen molar-refractivity contribution in [2.24, 2.45) is 5.14 Å². The first kappa shape index (κ1) is 24.0. The van der Waals surface area contributed by atoms with E-state index in [9.17, 15) is 18.0 Å². The summed E-state index contributed by atoms with van der Waals surface area (Å²) in [6.07, 6.45) is 4.06. The maximum absolute atomic E-state index is 13.0. The number of primary sulfonamides is 1. The van der Waals surface area contributed by atoms with Crippen molar-refractivity contribution >= 4 is 44.3 Å². The van der Waals surface area contributed by atoms with Gasteiger partial charge in [0.1, 0.15) is 0 Å². The number of benzene rings is 2. The number of unbranched alkanes of at least 4 members (excludes halogenated alkanes) is 3. The molecule has 1 heterocycles. The van der Waals surface area contributed by atoms with Crippen LogP contribution in [0.25, 0.3) is 10.9 Å². The Morgan fingerprint density at radius 1 is 1.12 bits per heavy atom. The molecule has 3 aromatic rings. The number of fused-ring (bicyclic) bond motifs is 1. The van der Waals surface area contributed by atoms with E-state index < -0.39 is 10.0 Å². The van der Waals surface area contributed by atoms with Crippen LogP contribution in [0.4, 0.5) is 5.69 Å². The van der Waals surface area contributed by atoms with Crippen LogP contribution in [0.15, 0.2) is 63.4 Å². The molecular formula is C22H26N4O4S2. The molecule has 3 rings (SSSR count). The van der Waals surface area contributed by atoms with E-state index in [1.807, 2.05) is 12.1 Å². The predicted molar refractivity (Wildman–Crippen MR) is 127 cm³/mol. The topological polar surface area (TPSA) is 124 Å². The summed E-state index contributed by atoms with van der Waals surface area (Å²) in [6, 6.07) is 12.9. The van der Waals surface area contributed by atoms with Crippen molar-refractivity contribution in [2.45, 2.75) is 49.2 Å². The van der Waals surface area contributed by atoms with Crippen LogP contribution in [-0.4, -0.2) is 29.6 Å². The second-order valence-electron chi connectivity index (χ2n) is 7.34. The summed E-state index contributed by atoms with van der Waals surface area (Å²) in [6.45, 7) is 2.67. The summed E-state index contributed by atoms with van der Waals surface area (Å²) in [5.74, 6) is -0.333. The largest absolute Gasteiger partial charge is 0.325 e. The lowest BCUT2D eigenvalue weighted by Gasteiger charge is -2.13. The molecule has 170 valence electrons. The number of nitrogens with one attached hydrogen (secondary N) is 1. The number of thioether (sulfide) groups is 1. The predicted octanol–water partition coefficient (Wildman–Crippen LogP) is 3.36. The number of nitrogens with zero attached hydrogens (tertiary/aromatic N) is 2. The minimum atomic E-state index is -3.87. The summed E-state index contributed by atoms with van der Waals surface area (Å²) < 4.78 is 24.6. The number of rotatable bonds is 10. The summed E-state index contributed by atoms with van der Waals surface area (Å²) in [5, 5.41) is 8.84. The summed E-state index contributed by atoms with van der Waals surface area (Å²) in [5.41, 5.74) is 0.799. The average molecular weight is 475 g/mol. The maximum Gasteiger partial charge on any atom is 0.262 e. The van der Waals surface area contributed by atoms with Crippen molar-refractivity contribution in [3.05, 3.63) is 58.9 Å². The van der Waals surface area contributed by atoms with Crippen LogP contribution >= 0.6 is 11.8 Å². The molecule has 0 spiro atoms. The first-order valence-corrected chi connectivity index (χ1v) is 12.9. The fourth-order valence-electron chi connectivity index (χ4n) is 3.23. The zero-order valence-corrected chi connectivity index (χ0v) is 19.4. The number of sulfonamides is 1. The van der Waals surface area contributed by atoms with E-state index in [4.69, 9.17) is 5.14 Å². The van der Waals surface area contributed by atoms with Crippen LogP contribution in [0.3, 0.4) is 0 Å². The molecule has 0 atom stereocenters. The van der Waals surface area contributed by atoms with E-state index in [1.165, 1.54) is 30.0 Å². The van der Waals surface area contributed by atoms with Gasteiger partial charge in [0.15, 0.2) is 5.16 Å². The Kier molecular flexibility index (Phi) is 8.05. The highest BCUT2D eigenvalue weighted by molar-refractivity contribution is 7.99. The lowest BCUT2D eigenvalue weighted by atomic mass is 10.2. The third kappa shape index (κ3) is 6.18. The van der Waals surface area contributed by atoms with Crippen molar-refractivity contribution in [3.8, 4) is 0 Å². The minimum absolute atomic E-state index is 0.0132. The Hall–Kier alpha value is -2.69. The van der Waals surface area contributed by atoms with E-state index >= 15 is 0 Å². The molecule has 0 saturated carbocycles. The van der Waals surface area contributed by atoms with Gasteiger partial charge in [0.25, 0.3) is 5.56 Å². The van der Waals surface area contributed by atoms with Gasteiger partial charge >= 0.3 is 0 Å². The van der Waals surface area contributed by atoms with Gasteiger partial charge in [0.05, 0.1) is 21.6 Å². The van der Waals surface area contributed by atoms with Gasteiger partial charge in [-0.05, 0) is 36.8 Å². The van der Waals surface area contributed by atoms with Gasteiger partial charge in [-0.1, -0.05) is 56.1 Å². The molecule has 0 radical (unpaired) electrons. The van der Waals surface area contributed by atoms with Crippen LogP contribution < -0.4 is 16.0 Å². The first-order valence-electron chi connectivity index (χ1n) is 10.3. The van der Waals surface area contributed by atoms with Crippen molar-refractivity contribution in [1.29, 1.82) is 0 Å². The molecule has 1 aromatic heterocycles. The molecule has 2 aromatic carbocycles. The number of hydrogen-bond donors (Lipinski definition) is 2. The number of carbonyl (C=O) groups excluding carboxylic acids is 1. The average Bonchev–Trinajstić information content (AvgIpc) is 2.76. The van der Waals surface area contributed by atoms with Crippen LogP contribution in [0.5, 0.6) is 0 Å². The number of amides is 1. The molecule has 0 unspecified atom stereocenters. The van der Waals surface area contributed by atoms with Gasteiger partial charge in [-0.3, -0.25) is 14.2 Å². The van der Waals surface area contributed by atoms with Gasteiger partial charge in [-0.25, -0.2) is 18.5 Å². The molecule has 1 amide bonds. The quantitative estimate of drug-likeness (QED) is 0.264. The van der Waals surface area contributed by atoms with E-state index in [-0.39, 0.29) is 22.1 Å². The van der Waals surface area contributed by atoms with E-state index in [2.05, 4.69) is 17.2 Å². The van der Waals surface area contributed by atoms with Gasteiger partial charge < -0.3 is 5.32 Å². The first-order chi connectivity index (χ1) is 15.3. The summed E-state index contributed by atoms with van der Waals surface area (Å²) in [7, 11) is -3.87. The van der Waals surface area contributed by atoms with Crippen LogP contribution in [0.2, 0.25) is 0 Å². The highest BCUT2D eigenvalue weighted by Crippen LogP contribution is 2.20. The standard InChI is InChI=1S/C22H26N4O4S2/c1-2-3-4-7-13-26-21(28)18-11-5-6-12-19(18)25-22(26)31-15-20(27)24-16-9-8-10-17(14-16)32(23,29)30/h5-6,8-12,14H,2-4,7,13,15H2,1H3,(H,24,27)(H2,23,29,30). The van der Waals surface area contributed by atoms with Crippen LogP contribution in [0.1, 0.15) is 32.6 Å². The van der Waals surface area contributed by atoms with Gasteiger partial charge in [0, 0.05) is 12.2 Å². The Labute approximate surface area is 191 Å². The Balaban J connectivity index is 1.77. The van der Waals surface area contributed by atoms with Crippen molar-refractivity contribution < 1.29 is 13.2 Å². The maximum atomic E-state index is 13.0. The molecule has 0 aliphatic heterocycles. The van der Waals surface area contributed by atoms with E-state index in [1.54, 1.807) is 22.8 Å². The monoisotopic (exact) mass is 474 g/mol. The van der Waals surface area contributed by atoms with Gasteiger partial charge in [-0.15, -0.1) is 0 Å². The summed E-state index contributed by atoms with van der Waals surface area (Å²) >= 11 is 1.17. The van der Waals surface area contributed by atoms with Gasteiger partial charge in [0.2, 0.25) is 15.9 Å².